The number of fused-ring (bicyclic) bond motifs is 2. The maximum Gasteiger partial charge on any atom is 0.246 e. The average Bonchev–Trinajstić information content (AvgIpc) is 2.90. The maximum absolute atomic E-state index is 12.5. The average molecular weight is 251 g/mol. The number of amides is 2. The molecule has 3 rings (SSSR count). The highest BCUT2D eigenvalue weighted by Gasteiger charge is 2.53. The summed E-state index contributed by atoms with van der Waals surface area (Å²) >= 11 is 0. The van der Waals surface area contributed by atoms with E-state index in [-0.39, 0.29) is 29.9 Å². The first-order chi connectivity index (χ1) is 8.50. The van der Waals surface area contributed by atoms with Gasteiger partial charge in [0.15, 0.2) is 0 Å². The fourth-order valence-electron chi connectivity index (χ4n) is 3.63. The van der Waals surface area contributed by atoms with Crippen LogP contribution >= 0.6 is 0 Å². The minimum Gasteiger partial charge on any atom is -0.327 e. The van der Waals surface area contributed by atoms with Gasteiger partial charge in [-0.1, -0.05) is 0 Å². The number of rotatable bonds is 1. The van der Waals surface area contributed by atoms with Gasteiger partial charge in [-0.05, 0) is 40.3 Å². The van der Waals surface area contributed by atoms with Gasteiger partial charge in [-0.3, -0.25) is 9.59 Å². The second-order valence-electron chi connectivity index (χ2n) is 6.05. The third-order valence-electron chi connectivity index (χ3n) is 4.79. The van der Waals surface area contributed by atoms with E-state index < -0.39 is 0 Å². The first-order valence-electron chi connectivity index (χ1n) is 6.79. The Morgan fingerprint density at radius 1 is 1.11 bits per heavy atom. The van der Waals surface area contributed by atoms with Gasteiger partial charge < -0.3 is 14.7 Å². The number of nitrogens with zero attached hydrogens (tertiary/aromatic N) is 3. The van der Waals surface area contributed by atoms with Gasteiger partial charge in [0.25, 0.3) is 0 Å². The Bertz CT molecular complexity index is 396. The molecule has 0 saturated carbocycles. The van der Waals surface area contributed by atoms with Gasteiger partial charge in [0.2, 0.25) is 11.8 Å². The smallest absolute Gasteiger partial charge is 0.246 e. The van der Waals surface area contributed by atoms with Crippen LogP contribution < -0.4 is 0 Å². The highest BCUT2D eigenvalue weighted by Crippen LogP contribution is 2.35. The Hall–Kier alpha value is -1.10. The summed E-state index contributed by atoms with van der Waals surface area (Å²) in [6.07, 6.45) is 2.58. The van der Waals surface area contributed by atoms with Crippen molar-refractivity contribution in [2.75, 3.05) is 20.6 Å². The van der Waals surface area contributed by atoms with Gasteiger partial charge in [-0.2, -0.15) is 0 Å². The van der Waals surface area contributed by atoms with Gasteiger partial charge in [-0.15, -0.1) is 0 Å². The van der Waals surface area contributed by atoms with Gasteiger partial charge in [0.1, 0.15) is 12.1 Å². The topological polar surface area (TPSA) is 43.9 Å². The zero-order chi connectivity index (χ0) is 13.0. The van der Waals surface area contributed by atoms with Crippen molar-refractivity contribution in [1.82, 2.24) is 14.7 Å². The molecule has 0 N–H and O–H groups in total. The highest BCUT2D eigenvalue weighted by molar-refractivity contribution is 5.98. The molecule has 0 radical (unpaired) electrons. The van der Waals surface area contributed by atoms with Crippen molar-refractivity contribution in [3.63, 3.8) is 0 Å². The molecule has 0 aromatic carbocycles. The van der Waals surface area contributed by atoms with Crippen LogP contribution in [0.5, 0.6) is 0 Å². The standard InChI is InChI=1S/C13H21N3O2/c1-8-4-5-10-12(17)15-7-9(14(2)3)6-11(15)13(18)16(8)10/h8-11H,4-7H2,1-3H3/t8-,9+,10-,11-/m0/s1. The van der Waals surface area contributed by atoms with Gasteiger partial charge in [0.05, 0.1) is 0 Å². The van der Waals surface area contributed by atoms with E-state index >= 15 is 0 Å². The van der Waals surface area contributed by atoms with E-state index in [1.54, 1.807) is 0 Å². The SMILES string of the molecule is C[C@H]1CC[C@H]2C(=O)N3C[C@H](N(C)C)C[C@H]3C(=O)N12. The lowest BCUT2D eigenvalue weighted by Crippen LogP contribution is -2.61. The fraction of sp³-hybridized carbons (Fsp3) is 0.846. The molecule has 0 unspecified atom stereocenters. The Kier molecular flexibility index (Phi) is 2.62. The van der Waals surface area contributed by atoms with E-state index in [4.69, 9.17) is 0 Å². The summed E-state index contributed by atoms with van der Waals surface area (Å²) in [6, 6.07) is 0.164. The monoisotopic (exact) mass is 251 g/mol. The van der Waals surface area contributed by atoms with Crippen LogP contribution in [0.1, 0.15) is 26.2 Å². The highest BCUT2D eigenvalue weighted by atomic mass is 16.2. The van der Waals surface area contributed by atoms with E-state index in [1.165, 1.54) is 0 Å². The second kappa shape index (κ2) is 3.95. The maximum atomic E-state index is 12.5. The van der Waals surface area contributed by atoms with E-state index in [0.29, 0.717) is 12.6 Å². The van der Waals surface area contributed by atoms with Crippen LogP contribution in [0.4, 0.5) is 0 Å². The molecular formula is C13H21N3O2. The lowest BCUT2D eigenvalue weighted by molar-refractivity contribution is -0.158. The number of hydrogen-bond acceptors (Lipinski definition) is 3. The van der Waals surface area contributed by atoms with Crippen molar-refractivity contribution in [2.45, 2.75) is 50.4 Å². The van der Waals surface area contributed by atoms with E-state index in [1.807, 2.05) is 23.9 Å². The van der Waals surface area contributed by atoms with Crippen LogP contribution in [-0.2, 0) is 9.59 Å². The molecule has 3 fully saturated rings. The first kappa shape index (κ1) is 12.0. The van der Waals surface area contributed by atoms with E-state index in [0.717, 1.165) is 19.3 Å². The molecule has 2 amide bonds. The van der Waals surface area contributed by atoms with Crippen molar-refractivity contribution in [1.29, 1.82) is 0 Å². The largest absolute Gasteiger partial charge is 0.327 e. The summed E-state index contributed by atoms with van der Waals surface area (Å²) in [7, 11) is 4.03. The lowest BCUT2D eigenvalue weighted by atomic mass is 10.1. The van der Waals surface area contributed by atoms with E-state index in [9.17, 15) is 9.59 Å². The van der Waals surface area contributed by atoms with Gasteiger partial charge in [0, 0.05) is 18.6 Å². The molecule has 100 valence electrons. The van der Waals surface area contributed by atoms with Crippen molar-refractivity contribution in [3.05, 3.63) is 0 Å². The van der Waals surface area contributed by atoms with E-state index in [2.05, 4.69) is 11.8 Å². The lowest BCUT2D eigenvalue weighted by Gasteiger charge is -2.40. The minimum absolute atomic E-state index is 0.174. The van der Waals surface area contributed by atoms with Crippen molar-refractivity contribution in [3.8, 4) is 0 Å². The number of piperazine rings is 1. The normalized spacial score (nSPS) is 39.6. The minimum atomic E-state index is -0.207. The summed E-state index contributed by atoms with van der Waals surface area (Å²) in [5.41, 5.74) is 0. The van der Waals surface area contributed by atoms with Crippen LogP contribution in [0.15, 0.2) is 0 Å². The molecule has 3 saturated heterocycles. The number of hydrogen-bond donors (Lipinski definition) is 0. The Labute approximate surface area is 108 Å². The molecule has 3 aliphatic rings. The second-order valence-corrected chi connectivity index (χ2v) is 6.05. The van der Waals surface area contributed by atoms with Gasteiger partial charge in [-0.25, -0.2) is 0 Å². The Morgan fingerprint density at radius 3 is 2.50 bits per heavy atom. The molecule has 0 aromatic rings. The molecule has 5 heteroatoms. The molecule has 3 aliphatic heterocycles. The summed E-state index contributed by atoms with van der Waals surface area (Å²) in [4.78, 5) is 30.8. The molecule has 0 aliphatic carbocycles. The predicted molar refractivity (Wildman–Crippen MR) is 66.9 cm³/mol. The van der Waals surface area contributed by atoms with Crippen molar-refractivity contribution in [2.24, 2.45) is 0 Å². The van der Waals surface area contributed by atoms with Crippen LogP contribution in [-0.4, -0.2) is 71.3 Å². The quantitative estimate of drug-likeness (QED) is 0.654. The zero-order valence-corrected chi connectivity index (χ0v) is 11.3. The van der Waals surface area contributed by atoms with Crippen molar-refractivity contribution >= 4 is 11.8 Å². The molecule has 0 aromatic heterocycles. The predicted octanol–water partition coefficient (Wildman–Crippen LogP) is -0.0894. The number of likely N-dealkylation sites (N-methyl/N-ethyl adjacent to an activating group) is 1. The summed E-state index contributed by atoms with van der Waals surface area (Å²) in [5, 5.41) is 0. The molecular weight excluding hydrogens is 230 g/mol. The van der Waals surface area contributed by atoms with Crippen LogP contribution in [0.2, 0.25) is 0 Å². The van der Waals surface area contributed by atoms with Crippen LogP contribution in [0.3, 0.4) is 0 Å². The molecule has 3 heterocycles. The summed E-state index contributed by atoms with van der Waals surface area (Å²) < 4.78 is 0. The molecule has 0 bridgehead atoms. The number of carbonyl (C=O) groups is 2. The summed E-state index contributed by atoms with van der Waals surface area (Å²) in [6.45, 7) is 2.76. The van der Waals surface area contributed by atoms with Crippen molar-refractivity contribution < 1.29 is 9.59 Å². The molecule has 4 atom stereocenters. The molecule has 0 spiro atoms. The first-order valence-corrected chi connectivity index (χ1v) is 6.79. The van der Waals surface area contributed by atoms with Crippen LogP contribution in [0, 0.1) is 0 Å². The summed E-state index contributed by atoms with van der Waals surface area (Å²) in [5.74, 6) is 0.349. The third-order valence-corrected chi connectivity index (χ3v) is 4.79. The third kappa shape index (κ3) is 1.49. The molecule has 18 heavy (non-hydrogen) atoms. The van der Waals surface area contributed by atoms with Crippen LogP contribution in [0.25, 0.3) is 0 Å². The zero-order valence-electron chi connectivity index (χ0n) is 11.3. The Balaban J connectivity index is 1.88. The fourth-order valence-corrected chi connectivity index (χ4v) is 3.63. The van der Waals surface area contributed by atoms with Gasteiger partial charge >= 0.3 is 0 Å². The Morgan fingerprint density at radius 2 is 1.83 bits per heavy atom. The molecule has 5 nitrogen and oxygen atoms in total. The number of carbonyl (C=O) groups excluding carboxylic acids is 2.